The molecular weight excluding hydrogens is 441 g/mol. The number of amides is 1. The second-order valence-corrected chi connectivity index (χ2v) is 8.57. The van der Waals surface area contributed by atoms with Gasteiger partial charge in [0, 0.05) is 11.3 Å². The van der Waals surface area contributed by atoms with Crippen LogP contribution < -0.4 is 20.7 Å². The third kappa shape index (κ3) is 6.41. The summed E-state index contributed by atoms with van der Waals surface area (Å²) in [4.78, 5) is 12.6. The van der Waals surface area contributed by atoms with Crippen molar-refractivity contribution in [3.8, 4) is 5.75 Å². The van der Waals surface area contributed by atoms with Gasteiger partial charge in [-0.1, -0.05) is 66.0 Å². The molecule has 9 heteroatoms. The minimum Gasteiger partial charge on any atom is -0.497 e. The number of thiocarbonyl (C=S) groups is 1. The second kappa shape index (κ2) is 10.2. The van der Waals surface area contributed by atoms with Crippen LogP contribution in [0.4, 0.5) is 5.69 Å². The lowest BCUT2D eigenvalue weighted by Gasteiger charge is -2.28. The summed E-state index contributed by atoms with van der Waals surface area (Å²) in [7, 11) is 1.51. The fraction of sp³-hybridized carbons (Fsp3) is 0.263. The predicted octanol–water partition coefficient (Wildman–Crippen LogP) is 4.67. The van der Waals surface area contributed by atoms with E-state index in [1.165, 1.54) is 7.11 Å². The minimum atomic E-state index is -1.84. The number of nitrogens with one attached hydrogen (secondary N) is 3. The van der Waals surface area contributed by atoms with Crippen LogP contribution in [-0.2, 0) is 6.42 Å². The number of hydrogen-bond donors (Lipinski definition) is 3. The maximum atomic E-state index is 12.6. The summed E-state index contributed by atoms with van der Waals surface area (Å²) in [5, 5.41) is 8.77. The van der Waals surface area contributed by atoms with Gasteiger partial charge in [-0.05, 0) is 48.5 Å². The Morgan fingerprint density at radius 2 is 1.86 bits per heavy atom. The van der Waals surface area contributed by atoms with Crippen molar-refractivity contribution in [3.05, 3.63) is 59.7 Å². The summed E-state index contributed by atoms with van der Waals surface area (Å²) in [5.74, 6) is 0.0962. The zero-order valence-corrected chi connectivity index (χ0v) is 18.3. The van der Waals surface area contributed by atoms with Gasteiger partial charge in [-0.3, -0.25) is 4.79 Å². The number of anilines is 1. The minimum absolute atomic E-state index is 0.211. The van der Waals surface area contributed by atoms with Crippen LogP contribution >= 0.6 is 47.0 Å². The average Bonchev–Trinajstić information content (AvgIpc) is 2.67. The molecule has 2 aromatic carbocycles. The molecule has 2 rings (SSSR count). The molecule has 2 aromatic rings. The number of carbonyl (C=O) groups is 1. The number of hydrogen-bond acceptors (Lipinski definition) is 3. The number of methoxy groups -OCH3 is 1. The largest absolute Gasteiger partial charge is 0.497 e. The number of carbonyl (C=O) groups excluding carboxylic acids is 1. The highest BCUT2D eigenvalue weighted by Gasteiger charge is 2.35. The summed E-state index contributed by atoms with van der Waals surface area (Å²) in [6.45, 7) is 2.04. The highest BCUT2D eigenvalue weighted by Crippen LogP contribution is 2.29. The van der Waals surface area contributed by atoms with Gasteiger partial charge >= 0.3 is 0 Å². The molecule has 0 aliphatic carbocycles. The van der Waals surface area contributed by atoms with E-state index in [0.717, 1.165) is 17.7 Å². The van der Waals surface area contributed by atoms with Crippen LogP contribution in [0.2, 0.25) is 0 Å². The molecule has 0 saturated heterocycles. The van der Waals surface area contributed by atoms with Gasteiger partial charge < -0.3 is 20.7 Å². The monoisotopic (exact) mass is 459 g/mol. The molecule has 5 nitrogen and oxygen atoms in total. The third-order valence-electron chi connectivity index (χ3n) is 3.86. The molecule has 0 aliphatic heterocycles. The smallest absolute Gasteiger partial charge is 0.253 e. The van der Waals surface area contributed by atoms with Crippen molar-refractivity contribution < 1.29 is 9.53 Å². The summed E-state index contributed by atoms with van der Waals surface area (Å²) in [6, 6.07) is 14.3. The molecule has 0 heterocycles. The summed E-state index contributed by atoms with van der Waals surface area (Å²) >= 11 is 23.4. The molecule has 0 bridgehead atoms. The van der Waals surface area contributed by atoms with E-state index in [4.69, 9.17) is 51.8 Å². The molecular formula is C19H20Cl3N3O2S. The van der Waals surface area contributed by atoms with Gasteiger partial charge in [0.15, 0.2) is 5.11 Å². The molecule has 0 radical (unpaired) electrons. The summed E-state index contributed by atoms with van der Waals surface area (Å²) in [5.41, 5.74) is 2.28. The quantitative estimate of drug-likeness (QED) is 0.332. The van der Waals surface area contributed by atoms with Crippen LogP contribution in [0, 0.1) is 0 Å². The first-order valence-corrected chi connectivity index (χ1v) is 9.96. The summed E-state index contributed by atoms with van der Waals surface area (Å²) < 4.78 is 3.28. The average molecular weight is 461 g/mol. The van der Waals surface area contributed by atoms with E-state index in [-0.39, 0.29) is 5.11 Å². The lowest BCUT2D eigenvalue weighted by atomic mass is 10.1. The first-order valence-electron chi connectivity index (χ1n) is 8.41. The molecule has 0 fully saturated rings. The first-order chi connectivity index (χ1) is 13.2. The number of benzene rings is 2. The van der Waals surface area contributed by atoms with E-state index in [9.17, 15) is 4.79 Å². The van der Waals surface area contributed by atoms with Crippen LogP contribution in [0.3, 0.4) is 0 Å². The molecule has 0 aromatic heterocycles. The molecule has 0 spiro atoms. The molecule has 3 N–H and O–H groups in total. The Bertz CT molecular complexity index is 843. The molecule has 150 valence electrons. The number of rotatable bonds is 6. The fourth-order valence-electron chi connectivity index (χ4n) is 2.42. The van der Waals surface area contributed by atoms with Crippen molar-refractivity contribution in [1.29, 1.82) is 0 Å². The Morgan fingerprint density at radius 3 is 2.50 bits per heavy atom. The Balaban J connectivity index is 2.11. The number of halogens is 3. The van der Waals surface area contributed by atoms with Gasteiger partial charge in [0.2, 0.25) is 3.79 Å². The van der Waals surface area contributed by atoms with Crippen molar-refractivity contribution in [2.45, 2.75) is 23.3 Å². The second-order valence-electron chi connectivity index (χ2n) is 5.79. The molecule has 1 unspecified atom stereocenters. The van der Waals surface area contributed by atoms with Crippen LogP contribution in [0.25, 0.3) is 0 Å². The van der Waals surface area contributed by atoms with Crippen LogP contribution in [0.1, 0.15) is 22.8 Å². The lowest BCUT2D eigenvalue weighted by Crippen LogP contribution is -2.56. The Hall–Kier alpha value is -1.73. The number of aryl methyl sites for hydroxylation is 1. The highest BCUT2D eigenvalue weighted by molar-refractivity contribution is 7.80. The number of para-hydroxylation sites is 1. The van der Waals surface area contributed by atoms with Crippen LogP contribution in [-0.4, -0.2) is 28.1 Å². The van der Waals surface area contributed by atoms with Crippen LogP contribution in [0.15, 0.2) is 48.5 Å². The maximum Gasteiger partial charge on any atom is 0.253 e. The van der Waals surface area contributed by atoms with Crippen molar-refractivity contribution in [1.82, 2.24) is 10.6 Å². The van der Waals surface area contributed by atoms with E-state index in [2.05, 4.69) is 16.0 Å². The van der Waals surface area contributed by atoms with E-state index in [1.807, 2.05) is 31.2 Å². The number of ether oxygens (including phenoxy) is 1. The van der Waals surface area contributed by atoms with Gasteiger partial charge in [0.25, 0.3) is 5.91 Å². The molecule has 1 amide bonds. The topological polar surface area (TPSA) is 62.4 Å². The van der Waals surface area contributed by atoms with Crippen molar-refractivity contribution in [3.63, 3.8) is 0 Å². The Labute approximate surface area is 184 Å². The Morgan fingerprint density at radius 1 is 1.14 bits per heavy atom. The standard InChI is InChI=1S/C19H20Cl3N3O2S/c1-3-12-7-4-5-10-15(12)23-18(28)25-17(19(20,21)22)24-16(26)13-8-6-9-14(11-13)27-2/h4-11,17H,3H2,1-2H3,(H,24,26)(H2,23,25,28). The van der Waals surface area contributed by atoms with E-state index in [0.29, 0.717) is 11.3 Å². The van der Waals surface area contributed by atoms with E-state index < -0.39 is 15.9 Å². The van der Waals surface area contributed by atoms with Gasteiger partial charge in [-0.15, -0.1) is 0 Å². The number of alkyl halides is 3. The van der Waals surface area contributed by atoms with Crippen molar-refractivity contribution in [2.75, 3.05) is 12.4 Å². The molecule has 0 aliphatic rings. The molecule has 0 saturated carbocycles. The van der Waals surface area contributed by atoms with Gasteiger partial charge in [0.1, 0.15) is 11.9 Å². The predicted molar refractivity (Wildman–Crippen MR) is 120 cm³/mol. The van der Waals surface area contributed by atoms with E-state index >= 15 is 0 Å². The molecule has 28 heavy (non-hydrogen) atoms. The zero-order chi connectivity index (χ0) is 20.7. The highest BCUT2D eigenvalue weighted by atomic mass is 35.6. The van der Waals surface area contributed by atoms with Gasteiger partial charge in [-0.2, -0.15) is 0 Å². The Kier molecular flexibility index (Phi) is 8.19. The van der Waals surface area contributed by atoms with Crippen LogP contribution in [0.5, 0.6) is 5.75 Å². The SMILES string of the molecule is CCc1ccccc1NC(=S)NC(NC(=O)c1cccc(OC)c1)C(Cl)(Cl)Cl. The molecule has 1 atom stereocenters. The first kappa shape index (κ1) is 22.6. The van der Waals surface area contributed by atoms with Crippen molar-refractivity contribution in [2.24, 2.45) is 0 Å². The summed E-state index contributed by atoms with van der Waals surface area (Å²) in [6.07, 6.45) is -0.239. The van der Waals surface area contributed by atoms with Gasteiger partial charge in [0.05, 0.1) is 7.11 Å². The van der Waals surface area contributed by atoms with Gasteiger partial charge in [-0.25, -0.2) is 0 Å². The maximum absolute atomic E-state index is 12.6. The fourth-order valence-corrected chi connectivity index (χ4v) is 2.97. The van der Waals surface area contributed by atoms with E-state index in [1.54, 1.807) is 24.3 Å². The third-order valence-corrected chi connectivity index (χ3v) is 4.73. The zero-order valence-electron chi connectivity index (χ0n) is 15.3. The normalized spacial score (nSPS) is 12.0. The lowest BCUT2D eigenvalue weighted by molar-refractivity contribution is 0.0934. The van der Waals surface area contributed by atoms with Crippen molar-refractivity contribution >= 4 is 63.7 Å².